The van der Waals surface area contributed by atoms with Gasteiger partial charge in [0.05, 0.1) is 24.1 Å². The average Bonchev–Trinajstić information content (AvgIpc) is 3.16. The number of benzene rings is 2. The highest BCUT2D eigenvalue weighted by molar-refractivity contribution is 7.99. The minimum atomic E-state index is -0.583. The van der Waals surface area contributed by atoms with E-state index in [0.29, 0.717) is 16.6 Å². The molecule has 1 aromatic heterocycles. The van der Waals surface area contributed by atoms with Gasteiger partial charge in [0, 0.05) is 16.8 Å². The van der Waals surface area contributed by atoms with Crippen molar-refractivity contribution in [1.82, 2.24) is 4.98 Å². The van der Waals surface area contributed by atoms with Crippen LogP contribution < -0.4 is 15.4 Å². The first kappa shape index (κ1) is 20.8. The minimum absolute atomic E-state index is 0.0335. The number of anilines is 2. The number of amides is 2. The number of thioether (sulfide) groups is 1. The summed E-state index contributed by atoms with van der Waals surface area (Å²) in [5.41, 5.74) is 1.40. The maximum atomic E-state index is 13.7. The van der Waals surface area contributed by atoms with E-state index in [2.05, 4.69) is 15.6 Å². The van der Waals surface area contributed by atoms with Crippen LogP contribution in [0.15, 0.2) is 53.9 Å². The molecular formula is C20H18FN3O3S2. The van der Waals surface area contributed by atoms with E-state index in [1.54, 1.807) is 42.8 Å². The van der Waals surface area contributed by atoms with E-state index < -0.39 is 11.7 Å². The molecule has 6 nitrogen and oxygen atoms in total. The normalized spacial score (nSPS) is 10.4. The molecule has 150 valence electrons. The Bertz CT molecular complexity index is 993. The maximum Gasteiger partial charge on any atom is 0.260 e. The fourth-order valence-electron chi connectivity index (χ4n) is 2.36. The molecule has 0 bridgehead atoms. The summed E-state index contributed by atoms with van der Waals surface area (Å²) in [7, 11) is 1.58. The van der Waals surface area contributed by atoms with Crippen molar-refractivity contribution in [2.24, 2.45) is 0 Å². The van der Waals surface area contributed by atoms with E-state index >= 15 is 0 Å². The smallest absolute Gasteiger partial charge is 0.260 e. The zero-order valence-electron chi connectivity index (χ0n) is 15.5. The number of nitrogens with zero attached hydrogens (tertiary/aromatic N) is 1. The summed E-state index contributed by atoms with van der Waals surface area (Å²) in [5.74, 6) is 0.251. The van der Waals surface area contributed by atoms with Crippen molar-refractivity contribution < 1.29 is 18.7 Å². The summed E-state index contributed by atoms with van der Waals surface area (Å²) in [6.45, 7) is 0. The summed E-state index contributed by atoms with van der Waals surface area (Å²) in [5, 5.41) is 7.58. The fourth-order valence-corrected chi connectivity index (χ4v) is 3.89. The number of carbonyl (C=O) groups is 2. The third-order valence-electron chi connectivity index (χ3n) is 3.75. The number of hydrogen-bond acceptors (Lipinski definition) is 6. The van der Waals surface area contributed by atoms with Crippen molar-refractivity contribution in [3.63, 3.8) is 0 Å². The summed E-state index contributed by atoms with van der Waals surface area (Å²) in [6.07, 6.45) is 0. The Balaban J connectivity index is 1.44. The highest BCUT2D eigenvalue weighted by Gasteiger charge is 2.13. The number of hydrogen-bond donors (Lipinski definition) is 2. The number of carbonyl (C=O) groups excluding carboxylic acids is 2. The van der Waals surface area contributed by atoms with Gasteiger partial charge in [-0.25, -0.2) is 9.37 Å². The third kappa shape index (κ3) is 6.03. The Kier molecular flexibility index (Phi) is 7.20. The summed E-state index contributed by atoms with van der Waals surface area (Å²) in [4.78, 5) is 28.4. The van der Waals surface area contributed by atoms with E-state index in [0.717, 1.165) is 11.4 Å². The third-order valence-corrected chi connectivity index (χ3v) is 5.52. The van der Waals surface area contributed by atoms with E-state index in [4.69, 9.17) is 4.74 Å². The van der Waals surface area contributed by atoms with Crippen molar-refractivity contribution in [3.05, 3.63) is 71.0 Å². The maximum absolute atomic E-state index is 13.7. The monoisotopic (exact) mass is 431 g/mol. The van der Waals surface area contributed by atoms with Crippen LogP contribution in [0.1, 0.15) is 16.1 Å². The molecule has 0 radical (unpaired) electrons. The molecule has 0 atom stereocenters. The molecule has 2 amide bonds. The first-order valence-corrected chi connectivity index (χ1v) is 10.6. The predicted octanol–water partition coefficient (Wildman–Crippen LogP) is 4.42. The second-order valence-corrected chi connectivity index (χ2v) is 7.69. The topological polar surface area (TPSA) is 80.3 Å². The van der Waals surface area contributed by atoms with Gasteiger partial charge in [-0.05, 0) is 36.4 Å². The molecule has 9 heteroatoms. The number of rotatable bonds is 8. The SMILES string of the molecule is COc1ccc(NC(=O)CSCc2csc(NC(=O)c3ccccc3F)n2)cc1. The molecule has 0 spiro atoms. The molecule has 1 heterocycles. The summed E-state index contributed by atoms with van der Waals surface area (Å²) < 4.78 is 18.7. The van der Waals surface area contributed by atoms with E-state index in [1.165, 1.54) is 41.3 Å². The van der Waals surface area contributed by atoms with Crippen molar-refractivity contribution in [1.29, 1.82) is 0 Å². The largest absolute Gasteiger partial charge is 0.497 e. The van der Waals surface area contributed by atoms with Gasteiger partial charge in [-0.3, -0.25) is 14.9 Å². The van der Waals surface area contributed by atoms with Gasteiger partial charge in [-0.1, -0.05) is 12.1 Å². The number of nitrogens with one attached hydrogen (secondary N) is 2. The van der Waals surface area contributed by atoms with Crippen LogP contribution in [0.4, 0.5) is 15.2 Å². The molecular weight excluding hydrogens is 413 g/mol. The van der Waals surface area contributed by atoms with Crippen molar-refractivity contribution in [2.45, 2.75) is 5.75 Å². The molecule has 0 aliphatic heterocycles. The molecule has 0 fully saturated rings. The van der Waals surface area contributed by atoms with Crippen LogP contribution in [0.2, 0.25) is 0 Å². The molecule has 0 aliphatic carbocycles. The Morgan fingerprint density at radius 3 is 2.62 bits per heavy atom. The van der Waals surface area contributed by atoms with E-state index in [1.807, 2.05) is 0 Å². The molecule has 0 saturated heterocycles. The van der Waals surface area contributed by atoms with Crippen molar-refractivity contribution >= 4 is 45.7 Å². The van der Waals surface area contributed by atoms with Crippen LogP contribution in [-0.2, 0) is 10.5 Å². The number of methoxy groups -OCH3 is 1. The van der Waals surface area contributed by atoms with Crippen LogP contribution in [0.3, 0.4) is 0 Å². The lowest BCUT2D eigenvalue weighted by atomic mass is 10.2. The molecule has 3 aromatic rings. The quantitative estimate of drug-likeness (QED) is 0.552. The van der Waals surface area contributed by atoms with Gasteiger partial charge in [0.15, 0.2) is 5.13 Å². The van der Waals surface area contributed by atoms with Crippen LogP contribution >= 0.6 is 23.1 Å². The number of ether oxygens (including phenoxy) is 1. The van der Waals surface area contributed by atoms with Crippen LogP contribution in [0.25, 0.3) is 0 Å². The lowest BCUT2D eigenvalue weighted by molar-refractivity contribution is -0.113. The summed E-state index contributed by atoms with van der Waals surface area (Å²) in [6, 6.07) is 12.9. The number of aromatic nitrogens is 1. The Labute approximate surface area is 175 Å². The van der Waals surface area contributed by atoms with Gasteiger partial charge < -0.3 is 10.1 Å². The Morgan fingerprint density at radius 2 is 1.90 bits per heavy atom. The standard InChI is InChI=1S/C20H18FN3O3S2/c1-27-15-8-6-13(7-9-15)22-18(25)12-28-10-14-11-29-20(23-14)24-19(26)16-4-2-3-5-17(16)21/h2-9,11H,10,12H2,1H3,(H,22,25)(H,23,24,26). The van der Waals surface area contributed by atoms with Gasteiger partial charge in [-0.15, -0.1) is 23.1 Å². The molecule has 2 aromatic carbocycles. The van der Waals surface area contributed by atoms with Crippen LogP contribution in [0, 0.1) is 5.82 Å². The van der Waals surface area contributed by atoms with E-state index in [9.17, 15) is 14.0 Å². The molecule has 29 heavy (non-hydrogen) atoms. The van der Waals surface area contributed by atoms with Crippen molar-refractivity contribution in [3.8, 4) is 5.75 Å². The molecule has 3 rings (SSSR count). The molecule has 0 saturated carbocycles. The second-order valence-electron chi connectivity index (χ2n) is 5.85. The number of thiazole rings is 1. The zero-order valence-corrected chi connectivity index (χ0v) is 17.1. The first-order valence-electron chi connectivity index (χ1n) is 8.57. The van der Waals surface area contributed by atoms with Gasteiger partial charge in [0.25, 0.3) is 5.91 Å². The number of halogens is 1. The molecule has 0 unspecified atom stereocenters. The molecule has 2 N–H and O–H groups in total. The first-order chi connectivity index (χ1) is 14.0. The second kappa shape index (κ2) is 10.0. The Morgan fingerprint density at radius 1 is 1.14 bits per heavy atom. The van der Waals surface area contributed by atoms with E-state index in [-0.39, 0.29) is 17.2 Å². The highest BCUT2D eigenvalue weighted by atomic mass is 32.2. The van der Waals surface area contributed by atoms with Crippen molar-refractivity contribution in [2.75, 3.05) is 23.5 Å². The fraction of sp³-hybridized carbons (Fsp3) is 0.150. The lowest BCUT2D eigenvalue weighted by Crippen LogP contribution is -2.14. The molecule has 0 aliphatic rings. The lowest BCUT2D eigenvalue weighted by Gasteiger charge is -2.06. The van der Waals surface area contributed by atoms with Crippen LogP contribution in [0.5, 0.6) is 5.75 Å². The average molecular weight is 432 g/mol. The van der Waals surface area contributed by atoms with Gasteiger partial charge >= 0.3 is 0 Å². The van der Waals surface area contributed by atoms with Gasteiger partial charge in [-0.2, -0.15) is 0 Å². The van der Waals surface area contributed by atoms with Crippen LogP contribution in [-0.4, -0.2) is 29.7 Å². The van der Waals surface area contributed by atoms with Gasteiger partial charge in [0.1, 0.15) is 11.6 Å². The highest BCUT2D eigenvalue weighted by Crippen LogP contribution is 2.21. The zero-order chi connectivity index (χ0) is 20.6. The minimum Gasteiger partial charge on any atom is -0.497 e. The summed E-state index contributed by atoms with van der Waals surface area (Å²) >= 11 is 2.66. The van der Waals surface area contributed by atoms with Gasteiger partial charge in [0.2, 0.25) is 5.91 Å². The Hall–Kier alpha value is -2.91. The predicted molar refractivity (Wildman–Crippen MR) is 114 cm³/mol.